The molecule has 1 fully saturated rings. The predicted molar refractivity (Wildman–Crippen MR) is 94.2 cm³/mol. The van der Waals surface area contributed by atoms with Gasteiger partial charge in [0.25, 0.3) is 5.56 Å². The molecule has 0 bridgehead atoms. The Bertz CT molecular complexity index is 1030. The van der Waals surface area contributed by atoms with Crippen LogP contribution in [0.5, 0.6) is 5.75 Å². The third-order valence-corrected chi connectivity index (χ3v) is 4.45. The van der Waals surface area contributed by atoms with Crippen LogP contribution in [0.2, 0.25) is 0 Å². The normalized spacial score (nSPS) is 14.9. The van der Waals surface area contributed by atoms with Gasteiger partial charge in [-0.2, -0.15) is 19.0 Å². The molecule has 3 aromatic rings. The number of halogens is 2. The molecule has 27 heavy (non-hydrogen) atoms. The van der Waals surface area contributed by atoms with Crippen LogP contribution in [0, 0.1) is 0 Å². The first kappa shape index (κ1) is 17.4. The molecule has 4 rings (SSSR count). The number of alkyl halides is 2. The number of morpholine rings is 1. The molecule has 0 radical (unpaired) electrons. The second kappa shape index (κ2) is 6.95. The molecule has 10 heteroatoms. The first-order chi connectivity index (χ1) is 13.0. The van der Waals surface area contributed by atoms with Crippen molar-refractivity contribution in [2.75, 3.05) is 31.2 Å². The Balaban J connectivity index is 1.88. The number of ether oxygens (including phenoxy) is 2. The lowest BCUT2D eigenvalue weighted by Crippen LogP contribution is -2.41. The lowest BCUT2D eigenvalue weighted by molar-refractivity contribution is -0.0497. The average molecular weight is 377 g/mol. The number of H-pyrrole nitrogens is 1. The highest BCUT2D eigenvalue weighted by Crippen LogP contribution is 2.33. The molecule has 0 atom stereocenters. The maximum absolute atomic E-state index is 12.8. The third kappa shape index (κ3) is 3.23. The molecule has 1 N–H and O–H groups in total. The highest BCUT2D eigenvalue weighted by Gasteiger charge is 2.23. The predicted octanol–water partition coefficient (Wildman–Crippen LogP) is 1.76. The standard InChI is InChI=1S/C17H17F2N5O3/c1-23-16(25)15(24-4-6-26-7-5-24)12(9-20-23)14-11-8-10(27-17(18)19)2-3-13(11)21-22-14/h2-3,8-9,17H,4-7H2,1H3,(H,21,22). The van der Waals surface area contributed by atoms with E-state index in [1.54, 1.807) is 19.3 Å². The van der Waals surface area contributed by atoms with Gasteiger partial charge in [0.05, 0.1) is 30.5 Å². The fourth-order valence-corrected chi connectivity index (χ4v) is 3.17. The van der Waals surface area contributed by atoms with Crippen LogP contribution in [0.1, 0.15) is 0 Å². The monoisotopic (exact) mass is 377 g/mol. The molecule has 1 aromatic carbocycles. The Kier molecular flexibility index (Phi) is 4.48. The van der Waals surface area contributed by atoms with E-state index >= 15 is 0 Å². The minimum Gasteiger partial charge on any atom is -0.435 e. The molecule has 142 valence electrons. The van der Waals surface area contributed by atoms with Crippen LogP contribution >= 0.6 is 0 Å². The van der Waals surface area contributed by atoms with E-state index in [-0.39, 0.29) is 11.3 Å². The van der Waals surface area contributed by atoms with E-state index in [4.69, 9.17) is 4.74 Å². The summed E-state index contributed by atoms with van der Waals surface area (Å²) in [5.41, 5.74) is 1.83. The van der Waals surface area contributed by atoms with E-state index in [9.17, 15) is 13.6 Å². The van der Waals surface area contributed by atoms with Crippen molar-refractivity contribution in [1.29, 1.82) is 0 Å². The largest absolute Gasteiger partial charge is 0.435 e. The van der Waals surface area contributed by atoms with Crippen molar-refractivity contribution in [3.05, 3.63) is 34.7 Å². The average Bonchev–Trinajstić information content (AvgIpc) is 3.07. The molecule has 3 heterocycles. The summed E-state index contributed by atoms with van der Waals surface area (Å²) in [4.78, 5) is 14.7. The summed E-state index contributed by atoms with van der Waals surface area (Å²) in [6, 6.07) is 4.51. The number of hydrogen-bond acceptors (Lipinski definition) is 6. The quantitative estimate of drug-likeness (QED) is 0.746. The molecule has 1 aliphatic rings. The fraction of sp³-hybridized carbons (Fsp3) is 0.353. The molecule has 0 amide bonds. The minimum absolute atomic E-state index is 0.0184. The zero-order valence-electron chi connectivity index (χ0n) is 14.5. The second-order valence-electron chi connectivity index (χ2n) is 6.09. The van der Waals surface area contributed by atoms with Crippen molar-refractivity contribution in [3.8, 4) is 17.0 Å². The van der Waals surface area contributed by atoms with Crippen molar-refractivity contribution in [1.82, 2.24) is 20.0 Å². The number of nitrogens with zero attached hydrogens (tertiary/aromatic N) is 4. The van der Waals surface area contributed by atoms with Crippen molar-refractivity contribution in [2.24, 2.45) is 7.05 Å². The van der Waals surface area contributed by atoms with Gasteiger partial charge in [-0.1, -0.05) is 0 Å². The van der Waals surface area contributed by atoms with Crippen LogP contribution in [0.15, 0.2) is 29.2 Å². The number of aromatic amines is 1. The number of nitrogens with one attached hydrogen (secondary N) is 1. The molecule has 0 unspecified atom stereocenters. The van der Waals surface area contributed by atoms with Gasteiger partial charge in [0.2, 0.25) is 0 Å². The Morgan fingerprint density at radius 3 is 2.81 bits per heavy atom. The number of anilines is 1. The summed E-state index contributed by atoms with van der Waals surface area (Å²) in [7, 11) is 1.58. The molecule has 0 saturated carbocycles. The third-order valence-electron chi connectivity index (χ3n) is 4.45. The van der Waals surface area contributed by atoms with Crippen LogP contribution in [-0.4, -0.2) is 52.9 Å². The zero-order valence-corrected chi connectivity index (χ0v) is 14.5. The molecular formula is C17H17F2N5O3. The number of aryl methyl sites for hydroxylation is 1. The van der Waals surface area contributed by atoms with Gasteiger partial charge in [0, 0.05) is 25.5 Å². The number of hydrogen-bond donors (Lipinski definition) is 1. The van der Waals surface area contributed by atoms with Crippen LogP contribution in [0.3, 0.4) is 0 Å². The molecule has 0 spiro atoms. The van der Waals surface area contributed by atoms with E-state index in [1.165, 1.54) is 16.8 Å². The van der Waals surface area contributed by atoms with Gasteiger partial charge in [-0.3, -0.25) is 9.89 Å². The molecule has 1 saturated heterocycles. The molecule has 1 aliphatic heterocycles. The van der Waals surface area contributed by atoms with E-state index < -0.39 is 6.61 Å². The Labute approximate surface area is 152 Å². The second-order valence-corrected chi connectivity index (χ2v) is 6.09. The summed E-state index contributed by atoms with van der Waals surface area (Å²) >= 11 is 0. The first-order valence-corrected chi connectivity index (χ1v) is 8.37. The topological polar surface area (TPSA) is 85.3 Å². The van der Waals surface area contributed by atoms with Gasteiger partial charge in [0.1, 0.15) is 17.1 Å². The number of rotatable bonds is 4. The van der Waals surface area contributed by atoms with E-state index in [0.29, 0.717) is 54.2 Å². The Morgan fingerprint density at radius 1 is 1.30 bits per heavy atom. The van der Waals surface area contributed by atoms with Crippen molar-refractivity contribution >= 4 is 16.6 Å². The summed E-state index contributed by atoms with van der Waals surface area (Å²) in [6.45, 7) is -0.771. The fourth-order valence-electron chi connectivity index (χ4n) is 3.17. The zero-order chi connectivity index (χ0) is 19.0. The summed E-state index contributed by atoms with van der Waals surface area (Å²) in [5.74, 6) is 0.0184. The Hall–Kier alpha value is -3.01. The van der Waals surface area contributed by atoms with Crippen LogP contribution < -0.4 is 15.2 Å². The van der Waals surface area contributed by atoms with Crippen molar-refractivity contribution < 1.29 is 18.3 Å². The van der Waals surface area contributed by atoms with E-state index in [2.05, 4.69) is 20.0 Å². The maximum Gasteiger partial charge on any atom is 0.387 e. The lowest BCUT2D eigenvalue weighted by atomic mass is 10.1. The van der Waals surface area contributed by atoms with Gasteiger partial charge in [-0.05, 0) is 18.2 Å². The van der Waals surface area contributed by atoms with Gasteiger partial charge < -0.3 is 14.4 Å². The molecule has 0 aliphatic carbocycles. The van der Waals surface area contributed by atoms with Crippen molar-refractivity contribution in [2.45, 2.75) is 6.61 Å². The molecule has 8 nitrogen and oxygen atoms in total. The van der Waals surface area contributed by atoms with Crippen LogP contribution in [0.25, 0.3) is 22.2 Å². The van der Waals surface area contributed by atoms with Gasteiger partial charge in [0.15, 0.2) is 0 Å². The molecule has 2 aromatic heterocycles. The Morgan fingerprint density at radius 2 is 2.07 bits per heavy atom. The summed E-state index contributed by atoms with van der Waals surface area (Å²) in [5, 5.41) is 11.8. The lowest BCUT2D eigenvalue weighted by Gasteiger charge is -2.29. The van der Waals surface area contributed by atoms with Gasteiger partial charge in [-0.15, -0.1) is 0 Å². The van der Waals surface area contributed by atoms with E-state index in [0.717, 1.165) is 0 Å². The van der Waals surface area contributed by atoms with Crippen LogP contribution in [-0.2, 0) is 11.8 Å². The van der Waals surface area contributed by atoms with Crippen molar-refractivity contribution in [3.63, 3.8) is 0 Å². The van der Waals surface area contributed by atoms with E-state index in [1.807, 2.05) is 4.90 Å². The van der Waals surface area contributed by atoms with Crippen LogP contribution in [0.4, 0.5) is 14.5 Å². The maximum atomic E-state index is 12.8. The van der Waals surface area contributed by atoms with Gasteiger partial charge >= 0.3 is 6.61 Å². The first-order valence-electron chi connectivity index (χ1n) is 8.37. The number of benzene rings is 1. The smallest absolute Gasteiger partial charge is 0.387 e. The minimum atomic E-state index is -2.92. The van der Waals surface area contributed by atoms with Gasteiger partial charge in [-0.25, -0.2) is 4.68 Å². The summed E-state index contributed by atoms with van der Waals surface area (Å²) < 4.78 is 36.2. The SMILES string of the molecule is Cn1ncc(-c2n[nH]c3ccc(OC(F)F)cc23)c(N2CCOCC2)c1=O. The highest BCUT2D eigenvalue weighted by molar-refractivity contribution is 5.96. The number of aromatic nitrogens is 4. The highest BCUT2D eigenvalue weighted by atomic mass is 19.3. The molecular weight excluding hydrogens is 360 g/mol. The number of fused-ring (bicyclic) bond motifs is 1. The summed E-state index contributed by atoms with van der Waals surface area (Å²) in [6.07, 6.45) is 1.56.